The fourth-order valence-electron chi connectivity index (χ4n) is 0.788. The Labute approximate surface area is 75.3 Å². The van der Waals surface area contributed by atoms with E-state index in [0.717, 1.165) is 0 Å². The van der Waals surface area contributed by atoms with Crippen LogP contribution in [0.4, 0.5) is 0 Å². The van der Waals surface area contributed by atoms with Crippen LogP contribution in [0.2, 0.25) is 0 Å². The third-order valence-electron chi connectivity index (χ3n) is 2.47. The Hall–Kier alpha value is -0.530. The maximum atomic E-state index is 11.1. The number of rotatable bonds is 4. The van der Waals surface area contributed by atoms with Crippen molar-refractivity contribution in [3.05, 3.63) is 0 Å². The molecule has 0 saturated carbocycles. The molecule has 2 heteroatoms. The first-order chi connectivity index (χ1) is 5.40. The summed E-state index contributed by atoms with van der Waals surface area (Å²) in [6, 6.07) is 0. The smallest absolute Gasteiger partial charge is 0.306 e. The van der Waals surface area contributed by atoms with Crippen molar-refractivity contribution in [3.63, 3.8) is 0 Å². The maximum absolute atomic E-state index is 11.1. The van der Waals surface area contributed by atoms with E-state index >= 15 is 0 Å². The Bertz CT molecular complexity index is 148. The van der Waals surface area contributed by atoms with Crippen LogP contribution in [0.1, 0.15) is 41.0 Å². The van der Waals surface area contributed by atoms with Gasteiger partial charge in [-0.3, -0.25) is 4.79 Å². The van der Waals surface area contributed by atoms with Crippen LogP contribution in [0, 0.1) is 11.3 Å². The van der Waals surface area contributed by atoms with Crippen LogP contribution in [0.15, 0.2) is 0 Å². The van der Waals surface area contributed by atoms with Gasteiger partial charge < -0.3 is 4.74 Å². The van der Waals surface area contributed by atoms with E-state index in [1.165, 1.54) is 0 Å². The summed E-state index contributed by atoms with van der Waals surface area (Å²) < 4.78 is 4.89. The van der Waals surface area contributed by atoms with Crippen LogP contribution in [-0.4, -0.2) is 12.6 Å². The molecular weight excluding hydrogens is 152 g/mol. The first kappa shape index (κ1) is 11.5. The molecule has 0 aliphatic rings. The number of hydrogen-bond acceptors (Lipinski definition) is 2. The molecule has 0 atom stereocenters. The fraction of sp³-hybridized carbons (Fsp3) is 0.900. The monoisotopic (exact) mass is 172 g/mol. The van der Waals surface area contributed by atoms with E-state index in [9.17, 15) is 4.79 Å². The molecule has 72 valence electrons. The molecule has 0 aliphatic carbocycles. The molecule has 0 radical (unpaired) electrons. The molecule has 0 spiro atoms. The van der Waals surface area contributed by atoms with Crippen molar-refractivity contribution in [2.45, 2.75) is 41.0 Å². The van der Waals surface area contributed by atoms with Gasteiger partial charge in [0.05, 0.1) is 13.0 Å². The van der Waals surface area contributed by atoms with Gasteiger partial charge in [-0.15, -0.1) is 0 Å². The number of carbonyl (C=O) groups is 1. The van der Waals surface area contributed by atoms with Crippen molar-refractivity contribution in [2.24, 2.45) is 11.3 Å². The van der Waals surface area contributed by atoms with Gasteiger partial charge in [-0.1, -0.05) is 27.7 Å². The van der Waals surface area contributed by atoms with Crippen molar-refractivity contribution >= 4 is 5.97 Å². The largest absolute Gasteiger partial charge is 0.466 e. The molecule has 0 N–H and O–H groups in total. The number of esters is 1. The van der Waals surface area contributed by atoms with Crippen LogP contribution < -0.4 is 0 Å². The Kier molecular flexibility index (Phi) is 4.29. The molecule has 0 aromatic heterocycles. The molecule has 2 nitrogen and oxygen atoms in total. The Balaban J connectivity index is 3.97. The van der Waals surface area contributed by atoms with E-state index in [1.54, 1.807) is 0 Å². The van der Waals surface area contributed by atoms with Crippen molar-refractivity contribution in [3.8, 4) is 0 Å². The van der Waals surface area contributed by atoms with Crippen LogP contribution >= 0.6 is 0 Å². The topological polar surface area (TPSA) is 26.3 Å². The lowest BCUT2D eigenvalue weighted by Crippen LogP contribution is -2.24. The standard InChI is InChI=1S/C10H20O2/c1-6-12-9(11)7-10(4,5)8(2)3/h8H,6-7H2,1-5H3. The average molecular weight is 172 g/mol. The van der Waals surface area contributed by atoms with Crippen molar-refractivity contribution in [1.29, 1.82) is 0 Å². The zero-order valence-electron chi connectivity index (χ0n) is 8.81. The Morgan fingerprint density at radius 2 is 1.92 bits per heavy atom. The minimum atomic E-state index is -0.0869. The SMILES string of the molecule is CCOC(=O)CC(C)(C)C(C)C. The molecule has 0 aromatic rings. The summed E-state index contributed by atoms with van der Waals surface area (Å²) in [5, 5.41) is 0. The van der Waals surface area contributed by atoms with Gasteiger partial charge in [-0.2, -0.15) is 0 Å². The highest BCUT2D eigenvalue weighted by Crippen LogP contribution is 2.30. The predicted molar refractivity (Wildman–Crippen MR) is 49.9 cm³/mol. The first-order valence-electron chi connectivity index (χ1n) is 4.55. The second kappa shape index (κ2) is 4.48. The molecule has 12 heavy (non-hydrogen) atoms. The molecule has 0 unspecified atom stereocenters. The van der Waals surface area contributed by atoms with E-state index in [2.05, 4.69) is 27.7 Å². The Morgan fingerprint density at radius 1 is 1.42 bits per heavy atom. The molecule has 0 aliphatic heterocycles. The van der Waals surface area contributed by atoms with Crippen LogP contribution in [0.3, 0.4) is 0 Å². The average Bonchev–Trinajstić information content (AvgIpc) is 1.85. The van der Waals surface area contributed by atoms with Gasteiger partial charge in [0.2, 0.25) is 0 Å². The second-order valence-electron chi connectivity index (χ2n) is 4.13. The van der Waals surface area contributed by atoms with Gasteiger partial charge in [-0.25, -0.2) is 0 Å². The maximum Gasteiger partial charge on any atom is 0.306 e. The van der Waals surface area contributed by atoms with E-state index in [-0.39, 0.29) is 11.4 Å². The highest BCUT2D eigenvalue weighted by Gasteiger charge is 2.26. The molecule has 0 bridgehead atoms. The molecule has 0 aromatic carbocycles. The highest BCUT2D eigenvalue weighted by molar-refractivity contribution is 5.70. The third-order valence-corrected chi connectivity index (χ3v) is 2.47. The third kappa shape index (κ3) is 3.74. The minimum absolute atomic E-state index is 0.0479. The van der Waals surface area contributed by atoms with E-state index in [1.807, 2.05) is 6.92 Å². The Morgan fingerprint density at radius 3 is 2.25 bits per heavy atom. The van der Waals surface area contributed by atoms with Gasteiger partial charge >= 0.3 is 5.97 Å². The van der Waals surface area contributed by atoms with Crippen molar-refractivity contribution in [2.75, 3.05) is 6.61 Å². The molecule has 0 fully saturated rings. The van der Waals surface area contributed by atoms with E-state index < -0.39 is 0 Å². The summed E-state index contributed by atoms with van der Waals surface area (Å²) in [6.07, 6.45) is 0.512. The summed E-state index contributed by atoms with van der Waals surface area (Å²) in [5.41, 5.74) is 0.0479. The van der Waals surface area contributed by atoms with Crippen molar-refractivity contribution in [1.82, 2.24) is 0 Å². The normalized spacial score (nSPS) is 11.8. The summed E-state index contributed by atoms with van der Waals surface area (Å²) in [4.78, 5) is 11.1. The number of carbonyl (C=O) groups excluding carboxylic acids is 1. The molecule has 0 heterocycles. The van der Waals surface area contributed by atoms with Crippen LogP contribution in [0.25, 0.3) is 0 Å². The number of ether oxygens (including phenoxy) is 1. The van der Waals surface area contributed by atoms with E-state index in [4.69, 9.17) is 4.74 Å². The lowest BCUT2D eigenvalue weighted by Gasteiger charge is -2.27. The van der Waals surface area contributed by atoms with Gasteiger partial charge in [0.1, 0.15) is 0 Å². The first-order valence-corrected chi connectivity index (χ1v) is 4.55. The molecule has 0 amide bonds. The fourth-order valence-corrected chi connectivity index (χ4v) is 0.788. The van der Waals surface area contributed by atoms with Gasteiger partial charge in [-0.05, 0) is 18.3 Å². The van der Waals surface area contributed by atoms with Gasteiger partial charge in [0.15, 0.2) is 0 Å². The predicted octanol–water partition coefficient (Wildman–Crippen LogP) is 2.62. The van der Waals surface area contributed by atoms with E-state index in [0.29, 0.717) is 18.9 Å². The van der Waals surface area contributed by atoms with Gasteiger partial charge in [0, 0.05) is 0 Å². The quantitative estimate of drug-likeness (QED) is 0.609. The number of hydrogen-bond donors (Lipinski definition) is 0. The summed E-state index contributed by atoms with van der Waals surface area (Å²) in [6.45, 7) is 10.7. The van der Waals surface area contributed by atoms with Crippen LogP contribution in [-0.2, 0) is 9.53 Å². The lowest BCUT2D eigenvalue weighted by atomic mass is 9.78. The van der Waals surface area contributed by atoms with Gasteiger partial charge in [0.25, 0.3) is 0 Å². The molecular formula is C10H20O2. The molecule has 0 saturated heterocycles. The van der Waals surface area contributed by atoms with Crippen molar-refractivity contribution < 1.29 is 9.53 Å². The summed E-state index contributed by atoms with van der Waals surface area (Å²) >= 11 is 0. The highest BCUT2D eigenvalue weighted by atomic mass is 16.5. The summed E-state index contributed by atoms with van der Waals surface area (Å²) in [5.74, 6) is 0.415. The lowest BCUT2D eigenvalue weighted by molar-refractivity contribution is -0.146. The minimum Gasteiger partial charge on any atom is -0.466 e. The zero-order valence-corrected chi connectivity index (χ0v) is 8.81. The van der Waals surface area contributed by atoms with Crippen LogP contribution in [0.5, 0.6) is 0 Å². The second-order valence-corrected chi connectivity index (χ2v) is 4.13. The zero-order chi connectivity index (χ0) is 9.78. The summed E-state index contributed by atoms with van der Waals surface area (Å²) in [7, 11) is 0. The molecule has 0 rings (SSSR count).